The summed E-state index contributed by atoms with van der Waals surface area (Å²) in [5, 5.41) is 11.9. The van der Waals surface area contributed by atoms with Crippen molar-refractivity contribution in [3.63, 3.8) is 0 Å². The Labute approximate surface area is 129 Å². The van der Waals surface area contributed by atoms with Crippen LogP contribution in [-0.4, -0.2) is 28.8 Å². The summed E-state index contributed by atoms with van der Waals surface area (Å²) in [6, 6.07) is 6.91. The zero-order valence-corrected chi connectivity index (χ0v) is 13.0. The van der Waals surface area contributed by atoms with E-state index in [1.54, 1.807) is 24.3 Å². The van der Waals surface area contributed by atoms with Crippen molar-refractivity contribution in [3.05, 3.63) is 29.8 Å². The third-order valence-corrected chi connectivity index (χ3v) is 4.94. The van der Waals surface area contributed by atoms with Crippen LogP contribution in [0.15, 0.2) is 29.2 Å². The monoisotopic (exact) mass is 307 g/mol. The Balaban J connectivity index is 1.79. The summed E-state index contributed by atoms with van der Waals surface area (Å²) >= 11 is 1.43. The first-order valence-corrected chi connectivity index (χ1v) is 8.30. The molecule has 0 saturated heterocycles. The summed E-state index contributed by atoms with van der Waals surface area (Å²) in [6.45, 7) is 2.20. The number of benzene rings is 1. The van der Waals surface area contributed by atoms with Crippen LogP contribution in [-0.2, 0) is 4.79 Å². The van der Waals surface area contributed by atoms with Crippen molar-refractivity contribution in [2.75, 3.05) is 5.75 Å². The maximum absolute atomic E-state index is 12.0. The molecule has 0 radical (unpaired) electrons. The van der Waals surface area contributed by atoms with E-state index < -0.39 is 5.97 Å². The molecule has 1 aromatic rings. The van der Waals surface area contributed by atoms with E-state index in [0.29, 0.717) is 17.7 Å². The van der Waals surface area contributed by atoms with Crippen LogP contribution in [0.1, 0.15) is 43.0 Å². The number of carbonyl (C=O) groups is 2. The Morgan fingerprint density at radius 1 is 1.24 bits per heavy atom. The van der Waals surface area contributed by atoms with Gasteiger partial charge in [0.15, 0.2) is 0 Å². The zero-order chi connectivity index (χ0) is 15.2. The zero-order valence-electron chi connectivity index (χ0n) is 12.2. The molecule has 1 amide bonds. The van der Waals surface area contributed by atoms with Crippen LogP contribution in [0, 0.1) is 5.92 Å². The highest BCUT2D eigenvalue weighted by atomic mass is 32.2. The van der Waals surface area contributed by atoms with Crippen LogP contribution in [0.25, 0.3) is 0 Å². The number of amides is 1. The second-order valence-corrected chi connectivity index (χ2v) is 6.60. The molecule has 1 saturated carbocycles. The van der Waals surface area contributed by atoms with E-state index in [4.69, 9.17) is 5.11 Å². The molecule has 2 atom stereocenters. The number of nitrogens with one attached hydrogen (secondary N) is 1. The van der Waals surface area contributed by atoms with Gasteiger partial charge in [0.25, 0.3) is 0 Å². The number of hydrogen-bond donors (Lipinski definition) is 2. The maximum atomic E-state index is 12.0. The number of thioether (sulfide) groups is 1. The average molecular weight is 307 g/mol. The molecule has 0 bridgehead atoms. The van der Waals surface area contributed by atoms with Crippen LogP contribution in [0.2, 0.25) is 0 Å². The first kappa shape index (κ1) is 15.9. The fourth-order valence-corrected chi connectivity index (χ4v) is 3.33. The van der Waals surface area contributed by atoms with Gasteiger partial charge < -0.3 is 10.4 Å². The molecular weight excluding hydrogens is 286 g/mol. The molecule has 5 heteroatoms. The quantitative estimate of drug-likeness (QED) is 0.820. The largest absolute Gasteiger partial charge is 0.478 e. The van der Waals surface area contributed by atoms with Gasteiger partial charge in [-0.05, 0) is 43.0 Å². The number of hydrogen-bond acceptors (Lipinski definition) is 3. The highest BCUT2D eigenvalue weighted by molar-refractivity contribution is 8.00. The first-order chi connectivity index (χ1) is 10.1. The topological polar surface area (TPSA) is 66.4 Å². The summed E-state index contributed by atoms with van der Waals surface area (Å²) in [6.07, 6.45) is 4.72. The number of carboxylic acid groups (broad SMARTS) is 1. The molecule has 1 aliphatic rings. The van der Waals surface area contributed by atoms with Crippen LogP contribution in [0.3, 0.4) is 0 Å². The molecule has 1 aromatic carbocycles. The smallest absolute Gasteiger partial charge is 0.335 e. The van der Waals surface area contributed by atoms with Gasteiger partial charge in [-0.25, -0.2) is 4.79 Å². The van der Waals surface area contributed by atoms with Crippen LogP contribution in [0.4, 0.5) is 0 Å². The highest BCUT2D eigenvalue weighted by Gasteiger charge is 2.22. The van der Waals surface area contributed by atoms with Crippen molar-refractivity contribution in [3.8, 4) is 0 Å². The van der Waals surface area contributed by atoms with E-state index in [2.05, 4.69) is 12.2 Å². The summed E-state index contributed by atoms with van der Waals surface area (Å²) in [5.41, 5.74) is 0.264. The molecule has 1 fully saturated rings. The Kier molecular flexibility index (Phi) is 5.67. The normalized spacial score (nSPS) is 21.8. The van der Waals surface area contributed by atoms with Crippen molar-refractivity contribution < 1.29 is 14.7 Å². The summed E-state index contributed by atoms with van der Waals surface area (Å²) < 4.78 is 0. The van der Waals surface area contributed by atoms with Crippen molar-refractivity contribution in [2.24, 2.45) is 5.92 Å². The van der Waals surface area contributed by atoms with Crippen LogP contribution < -0.4 is 5.32 Å². The molecular formula is C16H21NO3S. The van der Waals surface area contributed by atoms with E-state index >= 15 is 0 Å². The van der Waals surface area contributed by atoms with Gasteiger partial charge in [-0.2, -0.15) is 0 Å². The minimum absolute atomic E-state index is 0.0565. The standard InChI is InChI=1S/C16H21NO3S/c1-11-4-2-3-5-14(11)17-15(18)10-21-13-8-6-12(7-9-13)16(19)20/h6-9,11,14H,2-5,10H2,1H3,(H,17,18)(H,19,20). The lowest BCUT2D eigenvalue weighted by Crippen LogP contribution is -2.41. The summed E-state index contributed by atoms with van der Waals surface area (Å²) in [4.78, 5) is 23.6. The number of rotatable bonds is 5. The summed E-state index contributed by atoms with van der Waals surface area (Å²) in [7, 11) is 0. The number of aromatic carboxylic acids is 1. The minimum Gasteiger partial charge on any atom is -0.478 e. The van der Waals surface area contributed by atoms with Crippen LogP contribution >= 0.6 is 11.8 Å². The molecule has 114 valence electrons. The molecule has 21 heavy (non-hydrogen) atoms. The Hall–Kier alpha value is -1.49. The van der Waals surface area contributed by atoms with E-state index in [1.807, 2.05) is 0 Å². The van der Waals surface area contributed by atoms with E-state index in [0.717, 1.165) is 11.3 Å². The maximum Gasteiger partial charge on any atom is 0.335 e. The SMILES string of the molecule is CC1CCCCC1NC(=O)CSc1ccc(C(=O)O)cc1. The van der Waals surface area contributed by atoms with Crippen molar-refractivity contribution >= 4 is 23.6 Å². The van der Waals surface area contributed by atoms with Crippen LogP contribution in [0.5, 0.6) is 0 Å². The first-order valence-electron chi connectivity index (χ1n) is 7.32. The Morgan fingerprint density at radius 3 is 2.52 bits per heavy atom. The van der Waals surface area contributed by atoms with E-state index in [1.165, 1.54) is 31.0 Å². The molecule has 1 aliphatic carbocycles. The van der Waals surface area contributed by atoms with Gasteiger partial charge in [0.1, 0.15) is 0 Å². The van der Waals surface area contributed by atoms with Gasteiger partial charge in [0.05, 0.1) is 11.3 Å². The molecule has 2 rings (SSSR count). The molecule has 0 heterocycles. The van der Waals surface area contributed by atoms with E-state index in [9.17, 15) is 9.59 Å². The van der Waals surface area contributed by atoms with E-state index in [-0.39, 0.29) is 11.5 Å². The molecule has 4 nitrogen and oxygen atoms in total. The van der Waals surface area contributed by atoms with Crippen molar-refractivity contribution in [1.82, 2.24) is 5.32 Å². The van der Waals surface area contributed by atoms with Crippen molar-refractivity contribution in [1.29, 1.82) is 0 Å². The highest BCUT2D eigenvalue weighted by Crippen LogP contribution is 2.24. The summed E-state index contributed by atoms with van der Waals surface area (Å²) in [5.74, 6) is 0.0505. The van der Waals surface area contributed by atoms with Gasteiger partial charge in [-0.15, -0.1) is 11.8 Å². The molecule has 2 N–H and O–H groups in total. The molecule has 2 unspecified atom stereocenters. The molecule has 0 aliphatic heterocycles. The van der Waals surface area contributed by atoms with Gasteiger partial charge in [-0.3, -0.25) is 4.79 Å². The number of carbonyl (C=O) groups excluding carboxylic acids is 1. The Bertz CT molecular complexity index is 501. The third-order valence-electron chi connectivity index (χ3n) is 3.93. The van der Waals surface area contributed by atoms with Gasteiger partial charge in [0.2, 0.25) is 5.91 Å². The minimum atomic E-state index is -0.935. The van der Waals surface area contributed by atoms with Gasteiger partial charge >= 0.3 is 5.97 Å². The van der Waals surface area contributed by atoms with Gasteiger partial charge in [-0.1, -0.05) is 19.8 Å². The predicted octanol–water partition coefficient (Wildman–Crippen LogP) is 3.17. The lowest BCUT2D eigenvalue weighted by atomic mass is 9.86. The Morgan fingerprint density at radius 2 is 1.90 bits per heavy atom. The second-order valence-electron chi connectivity index (χ2n) is 5.55. The fourth-order valence-electron chi connectivity index (χ4n) is 2.62. The number of carboxylic acids is 1. The molecule has 0 aromatic heterocycles. The molecule has 0 spiro atoms. The second kappa shape index (κ2) is 7.50. The third kappa shape index (κ3) is 4.77. The lowest BCUT2D eigenvalue weighted by Gasteiger charge is -2.29. The lowest BCUT2D eigenvalue weighted by molar-refractivity contribution is -0.119. The predicted molar refractivity (Wildman–Crippen MR) is 83.7 cm³/mol. The average Bonchev–Trinajstić information content (AvgIpc) is 2.48. The fraction of sp³-hybridized carbons (Fsp3) is 0.500. The van der Waals surface area contributed by atoms with Crippen molar-refractivity contribution in [2.45, 2.75) is 43.5 Å². The van der Waals surface area contributed by atoms with Gasteiger partial charge in [0, 0.05) is 10.9 Å².